The summed E-state index contributed by atoms with van der Waals surface area (Å²) in [6.07, 6.45) is 8.21. The zero-order valence-electron chi connectivity index (χ0n) is 14.0. The second-order valence-electron chi connectivity index (χ2n) is 6.12. The Morgan fingerprint density at radius 1 is 1.00 bits per heavy atom. The molecule has 0 amide bonds. The zero-order valence-corrected chi connectivity index (χ0v) is 14.0. The highest BCUT2D eigenvalue weighted by Gasteiger charge is 2.55. The first kappa shape index (κ1) is 16.9. The Bertz CT molecular complexity index is 1020. The number of nitriles is 3. The highest BCUT2D eigenvalue weighted by molar-refractivity contribution is 5.87. The van der Waals surface area contributed by atoms with Crippen LogP contribution in [0.3, 0.4) is 0 Å². The van der Waals surface area contributed by atoms with Crippen molar-refractivity contribution in [2.75, 3.05) is 0 Å². The van der Waals surface area contributed by atoms with Crippen molar-refractivity contribution < 1.29 is 0 Å². The van der Waals surface area contributed by atoms with E-state index in [1.807, 2.05) is 0 Å². The third-order valence-electron chi connectivity index (χ3n) is 4.84. The molecule has 1 aliphatic rings. The molecular weight excluding hydrogens is 324 g/mol. The Labute approximate surface area is 151 Å². The molecule has 1 atom stereocenters. The SMILES string of the molecule is CC1(c2cccnc2)C=C(c2cccnc2)C(C#N)=C(N)C1(C#N)C#N. The summed E-state index contributed by atoms with van der Waals surface area (Å²) in [5.41, 5.74) is 5.38. The Morgan fingerprint density at radius 3 is 2.15 bits per heavy atom. The number of pyridine rings is 2. The van der Waals surface area contributed by atoms with E-state index in [-0.39, 0.29) is 11.3 Å². The van der Waals surface area contributed by atoms with Crippen molar-refractivity contribution in [2.45, 2.75) is 12.3 Å². The van der Waals surface area contributed by atoms with Crippen LogP contribution >= 0.6 is 0 Å². The van der Waals surface area contributed by atoms with Gasteiger partial charge in [0.05, 0.1) is 28.8 Å². The number of rotatable bonds is 2. The fourth-order valence-electron chi connectivity index (χ4n) is 3.30. The standard InChI is InChI=1S/C20H14N6/c1-19(15-5-3-7-26-11-15)8-16(14-4-2-6-25-10-14)17(9-21)18(24)20(19,12-22)13-23/h2-8,10-11H,24H2,1H3. The Kier molecular flexibility index (Phi) is 4.01. The van der Waals surface area contributed by atoms with E-state index in [4.69, 9.17) is 5.73 Å². The van der Waals surface area contributed by atoms with E-state index < -0.39 is 10.8 Å². The topological polar surface area (TPSA) is 123 Å². The molecule has 0 fully saturated rings. The molecule has 2 heterocycles. The average molecular weight is 338 g/mol. The Morgan fingerprint density at radius 2 is 1.65 bits per heavy atom. The quantitative estimate of drug-likeness (QED) is 0.897. The van der Waals surface area contributed by atoms with Gasteiger partial charge >= 0.3 is 0 Å². The summed E-state index contributed by atoms with van der Waals surface area (Å²) in [6, 6.07) is 13.3. The van der Waals surface area contributed by atoms with Crippen molar-refractivity contribution in [2.24, 2.45) is 11.1 Å². The maximum absolute atomic E-state index is 9.92. The summed E-state index contributed by atoms with van der Waals surface area (Å²) in [4.78, 5) is 8.21. The molecule has 0 bridgehead atoms. The third-order valence-corrected chi connectivity index (χ3v) is 4.84. The maximum Gasteiger partial charge on any atom is 0.196 e. The molecule has 0 aromatic carbocycles. The lowest BCUT2D eigenvalue weighted by molar-refractivity contribution is 0.386. The summed E-state index contributed by atoms with van der Waals surface area (Å²) in [5, 5.41) is 29.5. The second kappa shape index (κ2) is 6.16. The van der Waals surface area contributed by atoms with Crippen molar-refractivity contribution in [1.82, 2.24) is 9.97 Å². The minimum absolute atomic E-state index is 0.0577. The van der Waals surface area contributed by atoms with Gasteiger partial charge in [0.25, 0.3) is 0 Å². The van der Waals surface area contributed by atoms with Gasteiger partial charge in [0.1, 0.15) is 6.07 Å². The summed E-state index contributed by atoms with van der Waals surface area (Å²) in [5.74, 6) is 0. The first-order valence-electron chi connectivity index (χ1n) is 7.81. The Balaban J connectivity index is 2.41. The number of hydrogen-bond acceptors (Lipinski definition) is 6. The van der Waals surface area contributed by atoms with E-state index in [0.717, 1.165) is 0 Å². The lowest BCUT2D eigenvalue weighted by atomic mass is 9.56. The van der Waals surface area contributed by atoms with Crippen LogP contribution in [0.4, 0.5) is 0 Å². The van der Waals surface area contributed by atoms with Gasteiger partial charge in [-0.3, -0.25) is 9.97 Å². The van der Waals surface area contributed by atoms with Crippen LogP contribution in [0.15, 0.2) is 66.4 Å². The molecular formula is C20H14N6. The molecule has 1 aliphatic carbocycles. The molecule has 124 valence electrons. The zero-order chi connectivity index (χ0) is 18.8. The number of nitrogens with two attached hydrogens (primary N) is 1. The summed E-state index contributed by atoms with van der Waals surface area (Å²) in [7, 11) is 0. The lowest BCUT2D eigenvalue weighted by Crippen LogP contribution is -2.47. The first-order valence-corrected chi connectivity index (χ1v) is 7.81. The van der Waals surface area contributed by atoms with Gasteiger partial charge in [-0.25, -0.2) is 0 Å². The van der Waals surface area contributed by atoms with Crippen LogP contribution in [-0.2, 0) is 5.41 Å². The van der Waals surface area contributed by atoms with Crippen LogP contribution in [0.5, 0.6) is 0 Å². The summed E-state index contributed by atoms with van der Waals surface area (Å²) >= 11 is 0. The molecule has 0 radical (unpaired) electrons. The molecule has 0 saturated carbocycles. The molecule has 3 rings (SSSR count). The number of allylic oxidation sites excluding steroid dienone is 4. The van der Waals surface area contributed by atoms with E-state index in [2.05, 4.69) is 28.2 Å². The van der Waals surface area contributed by atoms with E-state index in [1.54, 1.807) is 62.1 Å². The van der Waals surface area contributed by atoms with E-state index >= 15 is 0 Å². The van der Waals surface area contributed by atoms with Crippen molar-refractivity contribution in [1.29, 1.82) is 15.8 Å². The van der Waals surface area contributed by atoms with Crippen molar-refractivity contribution in [3.63, 3.8) is 0 Å². The van der Waals surface area contributed by atoms with Crippen LogP contribution in [-0.4, -0.2) is 9.97 Å². The Hall–Kier alpha value is -3.95. The lowest BCUT2D eigenvalue weighted by Gasteiger charge is -2.41. The van der Waals surface area contributed by atoms with E-state index in [0.29, 0.717) is 16.7 Å². The molecule has 0 aliphatic heterocycles. The van der Waals surface area contributed by atoms with Gasteiger partial charge in [0.2, 0.25) is 0 Å². The largest absolute Gasteiger partial charge is 0.399 e. The minimum atomic E-state index is -1.73. The number of aromatic nitrogens is 2. The number of hydrogen-bond donors (Lipinski definition) is 1. The van der Waals surface area contributed by atoms with Gasteiger partial charge in [0.15, 0.2) is 5.41 Å². The van der Waals surface area contributed by atoms with Gasteiger partial charge in [-0.1, -0.05) is 18.2 Å². The van der Waals surface area contributed by atoms with Crippen LogP contribution < -0.4 is 5.73 Å². The first-order chi connectivity index (χ1) is 12.5. The second-order valence-corrected chi connectivity index (χ2v) is 6.12. The molecule has 2 aromatic heterocycles. The van der Waals surface area contributed by atoms with Gasteiger partial charge in [-0.15, -0.1) is 0 Å². The maximum atomic E-state index is 9.92. The van der Waals surface area contributed by atoms with Gasteiger partial charge < -0.3 is 5.73 Å². The van der Waals surface area contributed by atoms with Crippen LogP contribution in [0.2, 0.25) is 0 Å². The van der Waals surface area contributed by atoms with E-state index in [1.165, 1.54) is 0 Å². The predicted molar refractivity (Wildman–Crippen MR) is 94.3 cm³/mol. The van der Waals surface area contributed by atoms with Crippen LogP contribution in [0.1, 0.15) is 18.1 Å². The fourth-order valence-corrected chi connectivity index (χ4v) is 3.30. The highest BCUT2D eigenvalue weighted by atomic mass is 14.7. The van der Waals surface area contributed by atoms with Gasteiger partial charge in [0, 0.05) is 30.4 Å². The van der Waals surface area contributed by atoms with Gasteiger partial charge in [-0.2, -0.15) is 15.8 Å². The summed E-state index contributed by atoms with van der Waals surface area (Å²) in [6.45, 7) is 1.76. The van der Waals surface area contributed by atoms with E-state index in [9.17, 15) is 15.8 Å². The smallest absolute Gasteiger partial charge is 0.196 e. The van der Waals surface area contributed by atoms with Gasteiger partial charge in [-0.05, 0) is 30.2 Å². The molecule has 26 heavy (non-hydrogen) atoms. The molecule has 0 spiro atoms. The molecule has 6 heteroatoms. The number of nitrogens with zero attached hydrogens (tertiary/aromatic N) is 5. The van der Waals surface area contributed by atoms with Crippen molar-refractivity contribution >= 4 is 5.57 Å². The normalized spacial score (nSPS) is 21.1. The minimum Gasteiger partial charge on any atom is -0.399 e. The molecule has 0 saturated heterocycles. The average Bonchev–Trinajstić information content (AvgIpc) is 2.70. The van der Waals surface area contributed by atoms with Crippen molar-refractivity contribution in [3.05, 3.63) is 77.5 Å². The summed E-state index contributed by atoms with van der Waals surface area (Å²) < 4.78 is 0. The molecule has 2 N–H and O–H groups in total. The monoisotopic (exact) mass is 338 g/mol. The molecule has 6 nitrogen and oxygen atoms in total. The molecule has 2 aromatic rings. The third kappa shape index (κ3) is 2.16. The van der Waals surface area contributed by atoms with Crippen LogP contribution in [0, 0.1) is 39.4 Å². The predicted octanol–water partition coefficient (Wildman–Crippen LogP) is 2.60. The highest BCUT2D eigenvalue weighted by Crippen LogP contribution is 2.52. The van der Waals surface area contributed by atoms with Crippen molar-refractivity contribution in [3.8, 4) is 18.2 Å². The molecule has 1 unspecified atom stereocenters. The fraction of sp³-hybridized carbons (Fsp3) is 0.150. The van der Waals surface area contributed by atoms with Crippen LogP contribution in [0.25, 0.3) is 5.57 Å².